The molecule has 0 aliphatic carbocycles. The van der Waals surface area contributed by atoms with E-state index in [1.165, 1.54) is 24.3 Å². The van der Waals surface area contributed by atoms with E-state index < -0.39 is 72.2 Å². The normalized spacial score (nSPS) is 14.1. The standard InChI is InChI=1S/C25H38N8O9S2/c26-14(10-43)20(37)30-15(2-1-7-29-25(27)28)21(38)32-17(9-19(35)36)23(40)31-16(8-12-3-5-13(34)6-4-12)22(39)33-18(11-44)24(41)42/h3-6,14-18,34,43-44H,1-2,7-11,26H2,(H,30,37)(H,31,40)(H,32,38)(H,33,39)(H,35,36)(H,41,42)(H4,27,28,29)/t14-,15-,16-,17-,18-/m0/s1. The Morgan fingerprint density at radius 3 is 1.82 bits per heavy atom. The number of carboxylic acid groups (broad SMARTS) is 2. The number of guanidine groups is 1. The Kier molecular flexibility index (Phi) is 16.4. The number of carboxylic acids is 2. The van der Waals surface area contributed by atoms with Crippen molar-refractivity contribution in [3.8, 4) is 5.75 Å². The quantitative estimate of drug-likeness (QED) is 0.0301. The molecule has 4 amide bonds. The third-order valence-electron chi connectivity index (χ3n) is 5.93. The van der Waals surface area contributed by atoms with Crippen LogP contribution in [0.25, 0.3) is 0 Å². The molecule has 0 saturated heterocycles. The van der Waals surface area contributed by atoms with Crippen molar-refractivity contribution < 1.29 is 44.1 Å². The third kappa shape index (κ3) is 13.8. The first-order chi connectivity index (χ1) is 20.7. The SMILES string of the molecule is NC(N)=NCCC[C@H](NC(=O)[C@@H](N)CS)C(=O)N[C@@H](CC(=O)O)C(=O)N[C@@H](Cc1ccc(O)cc1)C(=O)N[C@@H](CS)C(=O)O. The number of hydrogen-bond acceptors (Lipinski definition) is 11. The van der Waals surface area contributed by atoms with Crippen LogP contribution in [0, 0.1) is 0 Å². The van der Waals surface area contributed by atoms with Gasteiger partial charge in [-0.1, -0.05) is 12.1 Å². The van der Waals surface area contributed by atoms with Crippen LogP contribution in [0.15, 0.2) is 29.3 Å². The van der Waals surface area contributed by atoms with Gasteiger partial charge in [-0.05, 0) is 30.5 Å². The van der Waals surface area contributed by atoms with Gasteiger partial charge in [0.2, 0.25) is 23.6 Å². The first-order valence-electron chi connectivity index (χ1n) is 13.1. The number of amides is 4. The summed E-state index contributed by atoms with van der Waals surface area (Å²) in [6.45, 7) is 0.0946. The molecule has 44 heavy (non-hydrogen) atoms. The van der Waals surface area contributed by atoms with E-state index in [0.29, 0.717) is 5.56 Å². The minimum Gasteiger partial charge on any atom is -0.508 e. The van der Waals surface area contributed by atoms with Gasteiger partial charge in [-0.25, -0.2) is 4.79 Å². The topological polar surface area (TPSA) is 302 Å². The van der Waals surface area contributed by atoms with Gasteiger partial charge in [0.1, 0.15) is 29.9 Å². The molecule has 0 spiro atoms. The van der Waals surface area contributed by atoms with E-state index in [9.17, 15) is 44.1 Å². The number of carbonyl (C=O) groups excluding carboxylic acids is 4. The molecule has 13 N–H and O–H groups in total. The minimum absolute atomic E-state index is 0.0265. The number of aliphatic imine (C=N–C) groups is 1. The van der Waals surface area contributed by atoms with Crippen molar-refractivity contribution in [2.24, 2.45) is 22.2 Å². The highest BCUT2D eigenvalue weighted by Crippen LogP contribution is 2.12. The molecule has 0 heterocycles. The van der Waals surface area contributed by atoms with Crippen molar-refractivity contribution in [1.82, 2.24) is 21.3 Å². The van der Waals surface area contributed by atoms with E-state index in [1.54, 1.807) is 0 Å². The summed E-state index contributed by atoms with van der Waals surface area (Å²) in [5, 5.41) is 37.6. The maximum Gasteiger partial charge on any atom is 0.327 e. The van der Waals surface area contributed by atoms with Crippen LogP contribution >= 0.6 is 25.3 Å². The van der Waals surface area contributed by atoms with Gasteiger partial charge < -0.3 is 53.8 Å². The second kappa shape index (κ2) is 19.1. The predicted octanol–water partition coefficient (Wildman–Crippen LogP) is -3.33. The first-order valence-corrected chi connectivity index (χ1v) is 14.4. The average molecular weight is 659 g/mol. The van der Waals surface area contributed by atoms with Crippen LogP contribution in [0.5, 0.6) is 5.75 Å². The van der Waals surface area contributed by atoms with Crippen LogP contribution < -0.4 is 38.5 Å². The molecule has 244 valence electrons. The number of hydrogen-bond donors (Lipinski definition) is 12. The number of aromatic hydroxyl groups is 1. The molecule has 0 fully saturated rings. The van der Waals surface area contributed by atoms with E-state index in [2.05, 4.69) is 51.5 Å². The van der Waals surface area contributed by atoms with E-state index in [-0.39, 0.29) is 49.0 Å². The molecule has 0 aromatic heterocycles. The maximum atomic E-state index is 13.3. The summed E-state index contributed by atoms with van der Waals surface area (Å²) >= 11 is 7.85. The van der Waals surface area contributed by atoms with Crippen LogP contribution in [0.4, 0.5) is 0 Å². The number of carbonyl (C=O) groups is 6. The number of benzene rings is 1. The van der Waals surface area contributed by atoms with Crippen molar-refractivity contribution >= 4 is 66.8 Å². The van der Waals surface area contributed by atoms with Crippen LogP contribution in [0.1, 0.15) is 24.8 Å². The molecule has 5 atom stereocenters. The van der Waals surface area contributed by atoms with E-state index >= 15 is 0 Å². The molecule has 1 aromatic rings. The van der Waals surface area contributed by atoms with Gasteiger partial charge in [0, 0.05) is 24.5 Å². The lowest BCUT2D eigenvalue weighted by molar-refractivity contribution is -0.143. The maximum absolute atomic E-state index is 13.3. The Hall–Kier alpha value is -4.23. The minimum atomic E-state index is -1.73. The fraction of sp³-hybridized carbons (Fsp3) is 0.480. The average Bonchev–Trinajstić information content (AvgIpc) is 2.96. The number of rotatable bonds is 19. The fourth-order valence-electron chi connectivity index (χ4n) is 3.60. The number of nitrogens with zero attached hydrogens (tertiary/aromatic N) is 1. The molecule has 1 rings (SSSR count). The van der Waals surface area contributed by atoms with Crippen molar-refractivity contribution in [2.75, 3.05) is 18.1 Å². The zero-order valence-corrected chi connectivity index (χ0v) is 25.3. The molecule has 0 radical (unpaired) electrons. The van der Waals surface area contributed by atoms with E-state index in [1.807, 2.05) is 0 Å². The van der Waals surface area contributed by atoms with E-state index in [0.717, 1.165) is 0 Å². The highest BCUT2D eigenvalue weighted by Gasteiger charge is 2.32. The van der Waals surface area contributed by atoms with Crippen molar-refractivity contribution in [2.45, 2.75) is 55.9 Å². The molecular formula is C25H38N8O9S2. The summed E-state index contributed by atoms with van der Waals surface area (Å²) in [4.78, 5) is 78.8. The second-order valence-corrected chi connectivity index (χ2v) is 10.2. The Morgan fingerprint density at radius 2 is 1.30 bits per heavy atom. The fourth-order valence-corrected chi connectivity index (χ4v) is 4.01. The first kappa shape index (κ1) is 37.8. The molecule has 0 aliphatic rings. The largest absolute Gasteiger partial charge is 0.508 e. The summed E-state index contributed by atoms with van der Waals surface area (Å²) < 4.78 is 0. The lowest BCUT2D eigenvalue weighted by Gasteiger charge is -2.26. The lowest BCUT2D eigenvalue weighted by atomic mass is 10.0. The molecule has 17 nitrogen and oxygen atoms in total. The van der Waals surface area contributed by atoms with Crippen LogP contribution in [0.3, 0.4) is 0 Å². The predicted molar refractivity (Wildman–Crippen MR) is 165 cm³/mol. The zero-order valence-electron chi connectivity index (χ0n) is 23.5. The van der Waals surface area contributed by atoms with Crippen molar-refractivity contribution in [3.05, 3.63) is 29.8 Å². The third-order valence-corrected chi connectivity index (χ3v) is 6.69. The highest BCUT2D eigenvalue weighted by atomic mass is 32.1. The van der Waals surface area contributed by atoms with Gasteiger partial charge in [-0.3, -0.25) is 29.0 Å². The van der Waals surface area contributed by atoms with Gasteiger partial charge in [0.05, 0.1) is 12.5 Å². The zero-order chi connectivity index (χ0) is 33.4. The van der Waals surface area contributed by atoms with Crippen molar-refractivity contribution in [1.29, 1.82) is 0 Å². The Bertz CT molecular complexity index is 1200. The lowest BCUT2D eigenvalue weighted by Crippen LogP contribution is -2.59. The Balaban J connectivity index is 3.24. The number of nitrogens with two attached hydrogens (primary N) is 3. The molecule has 0 saturated carbocycles. The summed E-state index contributed by atoms with van der Waals surface area (Å²) in [6, 6.07) is -1.37. The number of aliphatic carboxylic acids is 2. The molecule has 19 heteroatoms. The number of phenols is 1. The second-order valence-electron chi connectivity index (χ2n) is 9.47. The number of nitrogens with one attached hydrogen (secondary N) is 4. The number of thiol groups is 2. The van der Waals surface area contributed by atoms with E-state index in [4.69, 9.17) is 17.2 Å². The summed E-state index contributed by atoms with van der Waals surface area (Å²) in [6.07, 6.45) is -0.936. The van der Waals surface area contributed by atoms with Crippen LogP contribution in [-0.4, -0.2) is 105 Å². The Labute approximate surface area is 263 Å². The molecular weight excluding hydrogens is 620 g/mol. The van der Waals surface area contributed by atoms with Gasteiger partial charge in [-0.2, -0.15) is 25.3 Å². The molecule has 1 aromatic carbocycles. The molecule has 0 bridgehead atoms. The van der Waals surface area contributed by atoms with Gasteiger partial charge in [-0.15, -0.1) is 0 Å². The van der Waals surface area contributed by atoms with Crippen LogP contribution in [0.2, 0.25) is 0 Å². The smallest absolute Gasteiger partial charge is 0.327 e. The van der Waals surface area contributed by atoms with Crippen molar-refractivity contribution in [3.63, 3.8) is 0 Å². The monoisotopic (exact) mass is 658 g/mol. The number of phenolic OH excluding ortho intramolecular Hbond substituents is 1. The highest BCUT2D eigenvalue weighted by molar-refractivity contribution is 7.80. The summed E-state index contributed by atoms with van der Waals surface area (Å²) in [7, 11) is 0. The summed E-state index contributed by atoms with van der Waals surface area (Å²) in [5.74, 6) is -7.13. The molecule has 0 aliphatic heterocycles. The summed E-state index contributed by atoms with van der Waals surface area (Å²) in [5.41, 5.74) is 16.7. The van der Waals surface area contributed by atoms with Gasteiger partial charge in [0.15, 0.2) is 5.96 Å². The van der Waals surface area contributed by atoms with Gasteiger partial charge >= 0.3 is 11.9 Å². The van der Waals surface area contributed by atoms with Crippen LogP contribution in [-0.2, 0) is 35.2 Å². The Morgan fingerprint density at radius 1 is 0.773 bits per heavy atom. The van der Waals surface area contributed by atoms with Gasteiger partial charge in [0.25, 0.3) is 0 Å². The molecule has 0 unspecified atom stereocenters.